The van der Waals surface area contributed by atoms with Crippen LogP contribution in [0.4, 0.5) is 5.69 Å². The molecule has 1 aromatic carbocycles. The van der Waals surface area contributed by atoms with Crippen molar-refractivity contribution in [1.82, 2.24) is 0 Å². The zero-order chi connectivity index (χ0) is 15.6. The van der Waals surface area contributed by atoms with E-state index in [0.717, 1.165) is 5.56 Å². The van der Waals surface area contributed by atoms with E-state index in [1.807, 2.05) is 32.0 Å². The molecule has 0 spiro atoms. The van der Waals surface area contributed by atoms with Crippen molar-refractivity contribution >= 4 is 31.3 Å². The van der Waals surface area contributed by atoms with Gasteiger partial charge in [0.15, 0.2) is 0 Å². The number of ether oxygens (including phenoxy) is 1. The van der Waals surface area contributed by atoms with Gasteiger partial charge in [-0.05, 0) is 31.5 Å². The topological polar surface area (TPSA) is 63.7 Å². The molecule has 1 saturated heterocycles. The van der Waals surface area contributed by atoms with E-state index >= 15 is 0 Å². The van der Waals surface area contributed by atoms with Crippen molar-refractivity contribution in [3.8, 4) is 5.75 Å². The number of carbonyl (C=O) groups excluding carboxylic acids is 1. The molecule has 1 atom stereocenters. The standard InChI is InChI=1S/C14H18ClNO4S/c1-3-20-13-5-4-10(2)6-12(13)16-8-11(7-14(16)17)9-21(15,18)19/h4-6,11H,3,7-9H2,1-2H3. The maximum Gasteiger partial charge on any atom is 0.232 e. The summed E-state index contributed by atoms with van der Waals surface area (Å²) in [6.07, 6.45) is 0.186. The average molecular weight is 332 g/mol. The van der Waals surface area contributed by atoms with Crippen molar-refractivity contribution in [2.75, 3.05) is 23.8 Å². The van der Waals surface area contributed by atoms with Gasteiger partial charge in [0, 0.05) is 29.6 Å². The molecule has 116 valence electrons. The normalized spacial score (nSPS) is 19.1. The first kappa shape index (κ1) is 16.1. The Kier molecular flexibility index (Phi) is 4.78. The molecular formula is C14H18ClNO4S. The molecule has 1 aromatic rings. The molecule has 1 fully saturated rings. The lowest BCUT2D eigenvalue weighted by Gasteiger charge is -2.20. The smallest absolute Gasteiger partial charge is 0.232 e. The number of halogens is 1. The van der Waals surface area contributed by atoms with E-state index in [-0.39, 0.29) is 24.0 Å². The van der Waals surface area contributed by atoms with Crippen LogP contribution in [-0.4, -0.2) is 33.2 Å². The Morgan fingerprint density at radius 3 is 2.76 bits per heavy atom. The van der Waals surface area contributed by atoms with Crippen LogP contribution in [0, 0.1) is 12.8 Å². The zero-order valence-corrected chi connectivity index (χ0v) is 13.6. The lowest BCUT2D eigenvalue weighted by atomic mass is 10.1. The Morgan fingerprint density at radius 1 is 1.43 bits per heavy atom. The highest BCUT2D eigenvalue weighted by Crippen LogP contribution is 2.34. The van der Waals surface area contributed by atoms with Gasteiger partial charge in [0.1, 0.15) is 5.75 Å². The molecule has 0 saturated carbocycles. The van der Waals surface area contributed by atoms with Gasteiger partial charge < -0.3 is 9.64 Å². The van der Waals surface area contributed by atoms with Crippen molar-refractivity contribution in [2.45, 2.75) is 20.3 Å². The average Bonchev–Trinajstić information content (AvgIpc) is 2.70. The van der Waals surface area contributed by atoms with E-state index in [9.17, 15) is 13.2 Å². The molecule has 1 aliphatic rings. The van der Waals surface area contributed by atoms with Gasteiger partial charge >= 0.3 is 0 Å². The molecule has 5 nitrogen and oxygen atoms in total. The van der Waals surface area contributed by atoms with Crippen molar-refractivity contribution in [3.63, 3.8) is 0 Å². The van der Waals surface area contributed by atoms with Gasteiger partial charge in [-0.15, -0.1) is 0 Å². The Morgan fingerprint density at radius 2 is 2.14 bits per heavy atom. The van der Waals surface area contributed by atoms with Gasteiger partial charge in [0.2, 0.25) is 15.0 Å². The molecule has 0 bridgehead atoms. The third kappa shape index (κ3) is 4.11. The summed E-state index contributed by atoms with van der Waals surface area (Å²) in [5.41, 5.74) is 1.70. The highest BCUT2D eigenvalue weighted by atomic mass is 35.7. The molecule has 2 rings (SSSR count). The summed E-state index contributed by atoms with van der Waals surface area (Å²) in [4.78, 5) is 13.8. The number of rotatable bonds is 5. The SMILES string of the molecule is CCOc1ccc(C)cc1N1CC(CS(=O)(=O)Cl)CC1=O. The molecule has 1 heterocycles. The predicted molar refractivity (Wildman–Crippen MR) is 82.4 cm³/mol. The molecule has 1 aliphatic heterocycles. The second-order valence-corrected chi connectivity index (χ2v) is 8.01. The van der Waals surface area contributed by atoms with Crippen LogP contribution in [0.25, 0.3) is 0 Å². The summed E-state index contributed by atoms with van der Waals surface area (Å²) in [5.74, 6) is 0.0553. The summed E-state index contributed by atoms with van der Waals surface area (Å²) in [7, 11) is 1.68. The van der Waals surface area contributed by atoms with E-state index in [2.05, 4.69) is 0 Å². The molecule has 1 unspecified atom stereocenters. The van der Waals surface area contributed by atoms with Crippen LogP contribution in [0.15, 0.2) is 18.2 Å². The van der Waals surface area contributed by atoms with E-state index in [4.69, 9.17) is 15.4 Å². The van der Waals surface area contributed by atoms with Crippen molar-refractivity contribution in [1.29, 1.82) is 0 Å². The number of anilines is 1. The van der Waals surface area contributed by atoms with Gasteiger partial charge in [-0.25, -0.2) is 8.42 Å². The molecule has 0 aromatic heterocycles. The molecule has 21 heavy (non-hydrogen) atoms. The quantitative estimate of drug-likeness (QED) is 0.777. The van der Waals surface area contributed by atoms with Gasteiger partial charge in [-0.2, -0.15) is 0 Å². The fourth-order valence-corrected chi connectivity index (χ4v) is 3.84. The maximum atomic E-state index is 12.2. The van der Waals surface area contributed by atoms with Crippen LogP contribution >= 0.6 is 10.7 Å². The van der Waals surface area contributed by atoms with E-state index < -0.39 is 9.05 Å². The van der Waals surface area contributed by atoms with Crippen molar-refractivity contribution < 1.29 is 17.9 Å². The van der Waals surface area contributed by atoms with Gasteiger partial charge in [0.05, 0.1) is 18.0 Å². The number of hydrogen-bond acceptors (Lipinski definition) is 4. The lowest BCUT2D eigenvalue weighted by molar-refractivity contribution is -0.117. The molecular weight excluding hydrogens is 314 g/mol. The predicted octanol–water partition coefficient (Wildman–Crippen LogP) is 2.32. The first-order chi connectivity index (χ1) is 9.80. The Bertz CT molecular complexity index is 644. The third-order valence-corrected chi connectivity index (χ3v) is 4.59. The molecule has 0 N–H and O–H groups in total. The molecule has 7 heteroatoms. The third-order valence-electron chi connectivity index (χ3n) is 3.34. The van der Waals surface area contributed by atoms with E-state index in [1.165, 1.54) is 0 Å². The van der Waals surface area contributed by atoms with Crippen LogP contribution in [0.5, 0.6) is 5.75 Å². The number of hydrogen-bond donors (Lipinski definition) is 0. The first-order valence-electron chi connectivity index (χ1n) is 6.76. The van der Waals surface area contributed by atoms with E-state index in [0.29, 0.717) is 24.6 Å². The minimum atomic E-state index is -3.60. The van der Waals surface area contributed by atoms with Gasteiger partial charge in [-0.1, -0.05) is 6.07 Å². The lowest BCUT2D eigenvalue weighted by Crippen LogP contribution is -2.26. The summed E-state index contributed by atoms with van der Waals surface area (Å²) >= 11 is 0. The zero-order valence-electron chi connectivity index (χ0n) is 12.0. The minimum absolute atomic E-state index is 0.105. The Hall–Kier alpha value is -1.27. The summed E-state index contributed by atoms with van der Waals surface area (Å²) in [5, 5.41) is 0. The monoisotopic (exact) mass is 331 g/mol. The summed E-state index contributed by atoms with van der Waals surface area (Å²) in [6, 6.07) is 5.61. The first-order valence-corrected chi connectivity index (χ1v) is 9.24. The minimum Gasteiger partial charge on any atom is -0.492 e. The van der Waals surface area contributed by atoms with Crippen LogP contribution in [0.2, 0.25) is 0 Å². The molecule has 0 radical (unpaired) electrons. The van der Waals surface area contributed by atoms with E-state index in [1.54, 1.807) is 4.90 Å². The number of aryl methyl sites for hydroxylation is 1. The highest BCUT2D eigenvalue weighted by Gasteiger charge is 2.34. The fourth-order valence-electron chi connectivity index (χ4n) is 2.52. The number of carbonyl (C=O) groups is 1. The second kappa shape index (κ2) is 6.23. The Balaban J connectivity index is 2.26. The number of benzene rings is 1. The molecule has 0 aliphatic carbocycles. The van der Waals surface area contributed by atoms with Crippen LogP contribution < -0.4 is 9.64 Å². The number of amides is 1. The summed E-state index contributed by atoms with van der Waals surface area (Å²) < 4.78 is 27.9. The molecule has 1 amide bonds. The van der Waals surface area contributed by atoms with Crippen molar-refractivity contribution in [2.24, 2.45) is 5.92 Å². The van der Waals surface area contributed by atoms with Gasteiger partial charge in [-0.3, -0.25) is 4.79 Å². The largest absolute Gasteiger partial charge is 0.492 e. The second-order valence-electron chi connectivity index (χ2n) is 5.18. The van der Waals surface area contributed by atoms with Crippen LogP contribution in [0.3, 0.4) is 0 Å². The van der Waals surface area contributed by atoms with Crippen LogP contribution in [0.1, 0.15) is 18.9 Å². The number of nitrogens with zero attached hydrogens (tertiary/aromatic N) is 1. The highest BCUT2D eigenvalue weighted by molar-refractivity contribution is 8.13. The summed E-state index contributed by atoms with van der Waals surface area (Å²) in [6.45, 7) is 4.64. The van der Waals surface area contributed by atoms with Crippen molar-refractivity contribution in [3.05, 3.63) is 23.8 Å². The van der Waals surface area contributed by atoms with Crippen LogP contribution in [-0.2, 0) is 13.8 Å². The van der Waals surface area contributed by atoms with Gasteiger partial charge in [0.25, 0.3) is 0 Å². The Labute approximate surface area is 129 Å². The maximum absolute atomic E-state index is 12.2. The fraction of sp³-hybridized carbons (Fsp3) is 0.500.